The van der Waals surface area contributed by atoms with Crippen LogP contribution >= 0.6 is 0 Å². The third-order valence-electron chi connectivity index (χ3n) is 3.07. The molecule has 0 saturated carbocycles. The molecule has 0 aliphatic rings. The zero-order valence-electron chi connectivity index (χ0n) is 11.0. The third-order valence-corrected chi connectivity index (χ3v) is 3.07. The average molecular weight is 259 g/mol. The zero-order valence-corrected chi connectivity index (χ0v) is 11.0. The van der Waals surface area contributed by atoms with E-state index in [4.69, 9.17) is 0 Å². The summed E-state index contributed by atoms with van der Waals surface area (Å²) in [7, 11) is 1.87. The Morgan fingerprint density at radius 3 is 2.37 bits per heavy atom. The molecule has 0 bridgehead atoms. The molecule has 0 radical (unpaired) electrons. The highest BCUT2D eigenvalue weighted by molar-refractivity contribution is 5.19. The van der Waals surface area contributed by atoms with Gasteiger partial charge < -0.3 is 5.11 Å². The number of rotatable bonds is 5. The first-order chi connectivity index (χ1) is 9.16. The minimum Gasteiger partial charge on any atom is -0.387 e. The van der Waals surface area contributed by atoms with E-state index in [1.807, 2.05) is 48.3 Å². The van der Waals surface area contributed by atoms with Crippen LogP contribution in [0, 0.1) is 5.82 Å². The molecule has 100 valence electrons. The van der Waals surface area contributed by atoms with Crippen molar-refractivity contribution in [3.63, 3.8) is 0 Å². The number of halogens is 1. The van der Waals surface area contributed by atoms with Gasteiger partial charge in [0.25, 0.3) is 0 Å². The molecule has 0 aliphatic heterocycles. The van der Waals surface area contributed by atoms with Gasteiger partial charge in [0.15, 0.2) is 0 Å². The van der Waals surface area contributed by atoms with E-state index >= 15 is 0 Å². The molecule has 1 N–H and O–H groups in total. The molecular weight excluding hydrogens is 241 g/mol. The van der Waals surface area contributed by atoms with Gasteiger partial charge in [-0.1, -0.05) is 48.5 Å². The lowest BCUT2D eigenvalue weighted by molar-refractivity contribution is 0.123. The first-order valence-electron chi connectivity index (χ1n) is 6.32. The average Bonchev–Trinajstić information content (AvgIpc) is 2.42. The monoisotopic (exact) mass is 259 g/mol. The normalized spacial score (nSPS) is 12.6. The van der Waals surface area contributed by atoms with E-state index in [2.05, 4.69) is 0 Å². The predicted octanol–water partition coefficient (Wildman–Crippen LogP) is 2.99. The quantitative estimate of drug-likeness (QED) is 0.892. The molecule has 0 saturated heterocycles. The molecule has 2 nitrogen and oxygen atoms in total. The Labute approximate surface area is 113 Å². The van der Waals surface area contributed by atoms with Gasteiger partial charge in [0, 0.05) is 18.7 Å². The number of likely N-dealkylation sites (N-methyl/N-ethyl adjacent to an activating group) is 1. The van der Waals surface area contributed by atoms with Gasteiger partial charge in [0.1, 0.15) is 5.82 Å². The van der Waals surface area contributed by atoms with Crippen molar-refractivity contribution in [1.82, 2.24) is 4.90 Å². The van der Waals surface area contributed by atoms with E-state index in [1.165, 1.54) is 6.07 Å². The lowest BCUT2D eigenvalue weighted by atomic mass is 10.1. The van der Waals surface area contributed by atoms with Crippen LogP contribution in [0.4, 0.5) is 4.39 Å². The van der Waals surface area contributed by atoms with Gasteiger partial charge in [-0.2, -0.15) is 0 Å². The van der Waals surface area contributed by atoms with E-state index in [0.717, 1.165) is 5.56 Å². The number of hydrogen-bond donors (Lipinski definition) is 1. The Bertz CT molecular complexity index is 515. The van der Waals surface area contributed by atoms with Crippen LogP contribution in [0.25, 0.3) is 0 Å². The summed E-state index contributed by atoms with van der Waals surface area (Å²) in [5, 5.41) is 10.1. The van der Waals surface area contributed by atoms with Crippen molar-refractivity contribution in [2.75, 3.05) is 13.6 Å². The summed E-state index contributed by atoms with van der Waals surface area (Å²) in [6.45, 7) is 0.953. The fourth-order valence-corrected chi connectivity index (χ4v) is 2.06. The summed E-state index contributed by atoms with van der Waals surface area (Å²) in [6, 6.07) is 16.2. The minimum atomic E-state index is -0.557. The molecule has 19 heavy (non-hydrogen) atoms. The lowest BCUT2D eigenvalue weighted by Gasteiger charge is -2.21. The Morgan fingerprint density at radius 1 is 1.05 bits per heavy atom. The predicted molar refractivity (Wildman–Crippen MR) is 74.1 cm³/mol. The van der Waals surface area contributed by atoms with Crippen LogP contribution in [0.1, 0.15) is 17.2 Å². The van der Waals surface area contributed by atoms with Crippen LogP contribution in [0.2, 0.25) is 0 Å². The van der Waals surface area contributed by atoms with E-state index in [9.17, 15) is 9.50 Å². The maximum absolute atomic E-state index is 13.5. The molecule has 0 aliphatic carbocycles. The summed E-state index contributed by atoms with van der Waals surface area (Å²) in [5.41, 5.74) is 1.52. The number of hydrogen-bond acceptors (Lipinski definition) is 2. The van der Waals surface area contributed by atoms with Crippen molar-refractivity contribution in [3.05, 3.63) is 71.5 Å². The summed E-state index contributed by atoms with van der Waals surface area (Å²) in [4.78, 5) is 1.91. The van der Waals surface area contributed by atoms with Crippen molar-refractivity contribution in [2.45, 2.75) is 12.6 Å². The topological polar surface area (TPSA) is 23.5 Å². The van der Waals surface area contributed by atoms with Crippen LogP contribution in [0.3, 0.4) is 0 Å². The number of aliphatic hydroxyl groups excluding tert-OH is 1. The van der Waals surface area contributed by atoms with Gasteiger partial charge in [-0.15, -0.1) is 0 Å². The Hall–Kier alpha value is -1.71. The van der Waals surface area contributed by atoms with Gasteiger partial charge in [0.2, 0.25) is 0 Å². The largest absolute Gasteiger partial charge is 0.387 e. The van der Waals surface area contributed by atoms with Crippen LogP contribution in [0.15, 0.2) is 54.6 Å². The van der Waals surface area contributed by atoms with Gasteiger partial charge in [-0.05, 0) is 18.7 Å². The van der Waals surface area contributed by atoms with Gasteiger partial charge >= 0.3 is 0 Å². The SMILES string of the molecule is CN(Cc1ccccc1F)CC(O)c1ccccc1. The summed E-state index contributed by atoms with van der Waals surface area (Å²) in [6.07, 6.45) is -0.557. The minimum absolute atomic E-state index is 0.205. The molecule has 0 spiro atoms. The third kappa shape index (κ3) is 3.88. The highest BCUT2D eigenvalue weighted by Gasteiger charge is 2.11. The van der Waals surface area contributed by atoms with Gasteiger partial charge in [-0.3, -0.25) is 4.90 Å². The van der Waals surface area contributed by atoms with Crippen molar-refractivity contribution in [2.24, 2.45) is 0 Å². The fraction of sp³-hybridized carbons (Fsp3) is 0.250. The summed E-state index contributed by atoms with van der Waals surface area (Å²) in [5.74, 6) is -0.205. The molecule has 2 aromatic rings. The van der Waals surface area contributed by atoms with Gasteiger partial charge in [-0.25, -0.2) is 4.39 Å². The Kier molecular flexibility index (Phi) is 4.66. The molecule has 0 heterocycles. The molecule has 0 fully saturated rings. The van der Waals surface area contributed by atoms with Crippen LogP contribution in [-0.4, -0.2) is 23.6 Å². The summed E-state index contributed by atoms with van der Waals surface area (Å²) >= 11 is 0. The van der Waals surface area contributed by atoms with E-state index < -0.39 is 6.10 Å². The second kappa shape index (κ2) is 6.45. The molecule has 2 rings (SSSR count). The van der Waals surface area contributed by atoms with Crippen molar-refractivity contribution in [3.8, 4) is 0 Å². The van der Waals surface area contributed by atoms with Crippen molar-refractivity contribution < 1.29 is 9.50 Å². The molecule has 0 amide bonds. The molecule has 1 unspecified atom stereocenters. The number of nitrogens with zero attached hydrogens (tertiary/aromatic N) is 1. The molecule has 0 aromatic heterocycles. The van der Waals surface area contributed by atoms with Crippen molar-refractivity contribution in [1.29, 1.82) is 0 Å². The smallest absolute Gasteiger partial charge is 0.127 e. The first-order valence-corrected chi connectivity index (χ1v) is 6.32. The van der Waals surface area contributed by atoms with Crippen LogP contribution in [-0.2, 0) is 6.54 Å². The highest BCUT2D eigenvalue weighted by atomic mass is 19.1. The van der Waals surface area contributed by atoms with Crippen molar-refractivity contribution >= 4 is 0 Å². The first kappa shape index (κ1) is 13.7. The lowest BCUT2D eigenvalue weighted by Crippen LogP contribution is -2.24. The molecule has 1 atom stereocenters. The summed E-state index contributed by atoms with van der Waals surface area (Å²) < 4.78 is 13.5. The zero-order chi connectivity index (χ0) is 13.7. The molecular formula is C16H18FNO. The Balaban J connectivity index is 1.95. The Morgan fingerprint density at radius 2 is 1.68 bits per heavy atom. The van der Waals surface area contributed by atoms with Crippen LogP contribution in [0.5, 0.6) is 0 Å². The second-order valence-electron chi connectivity index (χ2n) is 4.71. The standard InChI is InChI=1S/C16H18FNO/c1-18(11-14-9-5-6-10-15(14)17)12-16(19)13-7-3-2-4-8-13/h2-10,16,19H,11-12H2,1H3. The maximum atomic E-state index is 13.5. The fourth-order valence-electron chi connectivity index (χ4n) is 2.06. The van der Waals surface area contributed by atoms with Gasteiger partial charge in [0.05, 0.1) is 6.10 Å². The van der Waals surface area contributed by atoms with E-state index in [-0.39, 0.29) is 5.82 Å². The van der Waals surface area contributed by atoms with E-state index in [1.54, 1.807) is 12.1 Å². The van der Waals surface area contributed by atoms with Crippen LogP contribution < -0.4 is 0 Å². The maximum Gasteiger partial charge on any atom is 0.127 e. The highest BCUT2D eigenvalue weighted by Crippen LogP contribution is 2.15. The number of aliphatic hydroxyl groups is 1. The van der Waals surface area contributed by atoms with E-state index in [0.29, 0.717) is 18.7 Å². The number of benzene rings is 2. The second-order valence-corrected chi connectivity index (χ2v) is 4.71. The molecule has 3 heteroatoms. The molecule has 2 aromatic carbocycles.